The maximum Gasteiger partial charge on any atom is 0.250 e. The SMILES string of the molecule is CC(C)(C)N1C(=O)[C@H]2[C@@H](C1=O)[C@@]1(N[C@@H]2CC(N)=O)C(=O)Nc2ccc(Br)cc21. The average molecular weight is 449 g/mol. The summed E-state index contributed by atoms with van der Waals surface area (Å²) in [5, 5.41) is 5.98. The fourth-order valence-corrected chi connectivity index (χ4v) is 5.19. The van der Waals surface area contributed by atoms with Crippen molar-refractivity contribution in [3.63, 3.8) is 0 Å². The molecule has 2 saturated heterocycles. The lowest BCUT2D eigenvalue weighted by Crippen LogP contribution is -2.56. The minimum atomic E-state index is -1.42. The van der Waals surface area contributed by atoms with Gasteiger partial charge in [-0.1, -0.05) is 15.9 Å². The van der Waals surface area contributed by atoms with Gasteiger partial charge in [0.05, 0.1) is 11.8 Å². The van der Waals surface area contributed by atoms with E-state index < -0.39 is 46.7 Å². The van der Waals surface area contributed by atoms with Gasteiger partial charge in [0.2, 0.25) is 23.6 Å². The molecule has 4 N–H and O–H groups in total. The number of rotatable bonds is 2. The number of primary amides is 1. The Morgan fingerprint density at radius 3 is 2.54 bits per heavy atom. The predicted molar refractivity (Wildman–Crippen MR) is 104 cm³/mol. The molecule has 3 aliphatic heterocycles. The fraction of sp³-hybridized carbons (Fsp3) is 0.474. The van der Waals surface area contributed by atoms with Crippen molar-refractivity contribution in [1.29, 1.82) is 0 Å². The normalized spacial score (nSPS) is 31.4. The molecule has 0 unspecified atom stereocenters. The first kappa shape index (κ1) is 19.1. The van der Waals surface area contributed by atoms with Crippen molar-refractivity contribution in [2.24, 2.45) is 17.6 Å². The largest absolute Gasteiger partial charge is 0.370 e. The van der Waals surface area contributed by atoms with E-state index in [2.05, 4.69) is 26.6 Å². The maximum atomic E-state index is 13.4. The summed E-state index contributed by atoms with van der Waals surface area (Å²) in [5.74, 6) is -3.58. The van der Waals surface area contributed by atoms with Crippen LogP contribution in [0.1, 0.15) is 32.8 Å². The lowest BCUT2D eigenvalue weighted by Gasteiger charge is -2.34. The lowest BCUT2D eigenvalue weighted by atomic mass is 9.76. The summed E-state index contributed by atoms with van der Waals surface area (Å²) < 4.78 is 0.739. The molecule has 3 aliphatic rings. The summed E-state index contributed by atoms with van der Waals surface area (Å²) in [6.07, 6.45) is -0.142. The smallest absolute Gasteiger partial charge is 0.250 e. The van der Waals surface area contributed by atoms with Crippen LogP contribution in [0.15, 0.2) is 22.7 Å². The summed E-state index contributed by atoms with van der Waals surface area (Å²) >= 11 is 3.41. The standard InChI is InChI=1S/C19H21BrN4O4/c1-18(2,3)24-15(26)13-11(7-12(21)25)23-19(14(13)16(24)27)9-6-8(20)4-5-10(9)22-17(19)28/h4-6,11,13-14,23H,7H2,1-3H3,(H2,21,25)(H,22,28)/t11-,13-,14+,19-/m1/s1. The van der Waals surface area contributed by atoms with Crippen LogP contribution in [0.2, 0.25) is 0 Å². The van der Waals surface area contributed by atoms with E-state index in [9.17, 15) is 19.2 Å². The molecule has 2 fully saturated rings. The zero-order valence-corrected chi connectivity index (χ0v) is 17.3. The number of benzene rings is 1. The molecule has 4 amide bonds. The summed E-state index contributed by atoms with van der Waals surface area (Å²) in [6, 6.07) is 4.59. The first-order valence-corrected chi connectivity index (χ1v) is 9.83. The Labute approximate surface area is 170 Å². The van der Waals surface area contributed by atoms with Crippen LogP contribution in [0.4, 0.5) is 5.69 Å². The minimum Gasteiger partial charge on any atom is -0.370 e. The van der Waals surface area contributed by atoms with Crippen LogP contribution in [0.25, 0.3) is 0 Å². The number of hydrogen-bond acceptors (Lipinski definition) is 5. The van der Waals surface area contributed by atoms with Crippen LogP contribution < -0.4 is 16.4 Å². The molecule has 0 bridgehead atoms. The van der Waals surface area contributed by atoms with Crippen LogP contribution >= 0.6 is 15.9 Å². The van der Waals surface area contributed by atoms with Gasteiger partial charge in [-0.2, -0.15) is 0 Å². The van der Waals surface area contributed by atoms with Crippen LogP contribution in [-0.2, 0) is 24.7 Å². The van der Waals surface area contributed by atoms with Gasteiger partial charge in [-0.05, 0) is 39.0 Å². The number of carbonyl (C=O) groups excluding carboxylic acids is 4. The third-order valence-corrected chi connectivity index (χ3v) is 6.26. The summed E-state index contributed by atoms with van der Waals surface area (Å²) in [7, 11) is 0. The van der Waals surface area contributed by atoms with Crippen molar-refractivity contribution >= 4 is 45.2 Å². The fourth-order valence-electron chi connectivity index (χ4n) is 4.83. The maximum absolute atomic E-state index is 13.4. The number of imide groups is 1. The van der Waals surface area contributed by atoms with Gasteiger partial charge >= 0.3 is 0 Å². The molecule has 1 spiro atoms. The number of amides is 4. The molecule has 28 heavy (non-hydrogen) atoms. The molecule has 8 nitrogen and oxygen atoms in total. The van der Waals surface area contributed by atoms with E-state index in [0.29, 0.717) is 11.3 Å². The molecule has 4 atom stereocenters. The van der Waals surface area contributed by atoms with Gasteiger partial charge in [0, 0.05) is 33.7 Å². The lowest BCUT2D eigenvalue weighted by molar-refractivity contribution is -0.147. The molecule has 4 rings (SSSR count). The number of nitrogens with zero attached hydrogens (tertiary/aromatic N) is 1. The third-order valence-electron chi connectivity index (χ3n) is 5.77. The van der Waals surface area contributed by atoms with Crippen LogP contribution in [-0.4, -0.2) is 40.1 Å². The van der Waals surface area contributed by atoms with Crippen molar-refractivity contribution in [3.8, 4) is 0 Å². The number of nitrogens with two attached hydrogens (primary N) is 1. The first-order chi connectivity index (χ1) is 13.0. The van der Waals surface area contributed by atoms with E-state index in [1.807, 2.05) is 0 Å². The summed E-state index contributed by atoms with van der Waals surface area (Å²) in [6.45, 7) is 5.31. The Balaban J connectivity index is 1.92. The van der Waals surface area contributed by atoms with Gasteiger partial charge in [0.15, 0.2) is 0 Å². The molecule has 1 aromatic carbocycles. The minimum absolute atomic E-state index is 0.142. The second kappa shape index (κ2) is 5.87. The highest BCUT2D eigenvalue weighted by atomic mass is 79.9. The zero-order chi connectivity index (χ0) is 20.6. The van der Waals surface area contributed by atoms with Crippen LogP contribution in [0.5, 0.6) is 0 Å². The van der Waals surface area contributed by atoms with E-state index in [4.69, 9.17) is 5.73 Å². The Morgan fingerprint density at radius 2 is 1.93 bits per heavy atom. The van der Waals surface area contributed by atoms with Gasteiger partial charge in [-0.25, -0.2) is 0 Å². The number of nitrogens with one attached hydrogen (secondary N) is 2. The molecule has 9 heteroatoms. The van der Waals surface area contributed by atoms with Crippen LogP contribution in [0, 0.1) is 11.8 Å². The monoisotopic (exact) mass is 448 g/mol. The molecule has 3 heterocycles. The number of hydrogen-bond donors (Lipinski definition) is 3. The number of likely N-dealkylation sites (tertiary alicyclic amines) is 1. The first-order valence-electron chi connectivity index (χ1n) is 9.04. The summed E-state index contributed by atoms with van der Waals surface area (Å²) in [5.41, 5.74) is 4.40. The van der Waals surface area contributed by atoms with Gasteiger partial charge in [0.25, 0.3) is 0 Å². The molecule has 0 radical (unpaired) electrons. The highest BCUT2D eigenvalue weighted by Crippen LogP contribution is 2.54. The molecule has 0 saturated carbocycles. The van der Waals surface area contributed by atoms with E-state index >= 15 is 0 Å². The number of fused-ring (bicyclic) bond motifs is 4. The molecular weight excluding hydrogens is 428 g/mol. The van der Waals surface area contributed by atoms with Crippen molar-refractivity contribution in [2.45, 2.75) is 44.3 Å². The molecule has 148 valence electrons. The van der Waals surface area contributed by atoms with Crippen molar-refractivity contribution < 1.29 is 19.2 Å². The van der Waals surface area contributed by atoms with Crippen molar-refractivity contribution in [1.82, 2.24) is 10.2 Å². The molecule has 0 aliphatic carbocycles. The third kappa shape index (κ3) is 2.39. The van der Waals surface area contributed by atoms with E-state index in [-0.39, 0.29) is 12.3 Å². The Kier molecular flexibility index (Phi) is 4.00. The second-order valence-corrected chi connectivity index (χ2v) is 9.48. The highest BCUT2D eigenvalue weighted by Gasteiger charge is 2.71. The molecule has 0 aromatic heterocycles. The number of halogens is 1. The Morgan fingerprint density at radius 1 is 1.25 bits per heavy atom. The van der Waals surface area contributed by atoms with Crippen molar-refractivity contribution in [2.75, 3.05) is 5.32 Å². The van der Waals surface area contributed by atoms with Crippen LogP contribution in [0.3, 0.4) is 0 Å². The zero-order valence-electron chi connectivity index (χ0n) is 15.7. The van der Waals surface area contributed by atoms with E-state index in [0.717, 1.165) is 4.47 Å². The number of anilines is 1. The predicted octanol–water partition coefficient (Wildman–Crippen LogP) is 0.843. The van der Waals surface area contributed by atoms with Gasteiger partial charge in [-0.15, -0.1) is 0 Å². The Hall–Kier alpha value is -2.26. The quantitative estimate of drug-likeness (QED) is 0.578. The molecular formula is C19H21BrN4O4. The van der Waals surface area contributed by atoms with Crippen molar-refractivity contribution in [3.05, 3.63) is 28.2 Å². The molecule has 1 aromatic rings. The number of carbonyl (C=O) groups is 4. The second-order valence-electron chi connectivity index (χ2n) is 8.56. The van der Waals surface area contributed by atoms with Gasteiger partial charge in [-0.3, -0.25) is 29.4 Å². The Bertz CT molecular complexity index is 940. The van der Waals surface area contributed by atoms with Gasteiger partial charge in [0.1, 0.15) is 5.54 Å². The van der Waals surface area contributed by atoms with Gasteiger partial charge < -0.3 is 11.1 Å². The van der Waals surface area contributed by atoms with E-state index in [1.54, 1.807) is 39.0 Å². The summed E-state index contributed by atoms with van der Waals surface area (Å²) in [4.78, 5) is 52.7. The highest BCUT2D eigenvalue weighted by molar-refractivity contribution is 9.10. The average Bonchev–Trinajstić information content (AvgIpc) is 3.12. The topological polar surface area (TPSA) is 122 Å². The van der Waals surface area contributed by atoms with E-state index in [1.165, 1.54) is 4.90 Å².